The molecule has 0 amide bonds. The monoisotopic (exact) mass is 282 g/mol. The zero-order valence-electron chi connectivity index (χ0n) is 12.9. The topological polar surface area (TPSA) is 64.7 Å². The van der Waals surface area contributed by atoms with Gasteiger partial charge >= 0.3 is 0 Å². The van der Waals surface area contributed by atoms with Gasteiger partial charge in [0.1, 0.15) is 0 Å². The Morgan fingerprint density at radius 1 is 1.33 bits per heavy atom. The molecule has 2 heterocycles. The maximum atomic E-state index is 6.28. The fourth-order valence-corrected chi connectivity index (χ4v) is 3.17. The average Bonchev–Trinajstić information content (AvgIpc) is 2.45. The molecule has 110 valence electrons. The van der Waals surface area contributed by atoms with Crippen LogP contribution in [0.25, 0.3) is 11.4 Å². The van der Waals surface area contributed by atoms with Gasteiger partial charge in [-0.3, -0.25) is 4.98 Å². The third-order valence-electron chi connectivity index (χ3n) is 4.24. The Labute approximate surface area is 125 Å². The summed E-state index contributed by atoms with van der Waals surface area (Å²) in [7, 11) is 0. The van der Waals surface area contributed by atoms with Crippen LogP contribution in [0.15, 0.2) is 24.7 Å². The summed E-state index contributed by atoms with van der Waals surface area (Å²) in [6, 6.07) is 2.04. The number of pyridine rings is 1. The molecule has 1 aliphatic carbocycles. The largest absolute Gasteiger partial charge is 0.324 e. The molecule has 0 saturated carbocycles. The summed E-state index contributed by atoms with van der Waals surface area (Å²) in [6.07, 6.45) is 8.48. The Kier molecular flexibility index (Phi) is 3.49. The standard InChI is InChI=1S/C17H22N4/c1-4-11-9-19-6-5-12(11)16-20-10-13-14(18)7-17(2,3)8-15(13)21-16/h5-6,9-10,14H,4,7-8,18H2,1-3H3. The van der Waals surface area contributed by atoms with Gasteiger partial charge in [-0.1, -0.05) is 20.8 Å². The SMILES string of the molecule is CCc1cnccc1-c1ncc2c(n1)CC(C)(C)CC2N. The fourth-order valence-electron chi connectivity index (χ4n) is 3.17. The van der Waals surface area contributed by atoms with Crippen LogP contribution in [0.4, 0.5) is 0 Å². The maximum absolute atomic E-state index is 6.28. The van der Waals surface area contributed by atoms with Gasteiger partial charge in [0.25, 0.3) is 0 Å². The van der Waals surface area contributed by atoms with Crippen LogP contribution in [0, 0.1) is 5.41 Å². The number of fused-ring (bicyclic) bond motifs is 1. The highest BCUT2D eigenvalue weighted by Gasteiger charge is 2.31. The minimum atomic E-state index is 0.0425. The molecule has 0 spiro atoms. The van der Waals surface area contributed by atoms with E-state index in [2.05, 4.69) is 30.7 Å². The minimum Gasteiger partial charge on any atom is -0.324 e. The van der Waals surface area contributed by atoms with Crippen molar-refractivity contribution < 1.29 is 0 Å². The van der Waals surface area contributed by atoms with Crippen LogP contribution in [0.1, 0.15) is 50.1 Å². The van der Waals surface area contributed by atoms with E-state index in [9.17, 15) is 0 Å². The molecule has 2 N–H and O–H groups in total. The lowest BCUT2D eigenvalue weighted by atomic mass is 9.74. The van der Waals surface area contributed by atoms with E-state index >= 15 is 0 Å². The number of aryl methyl sites for hydroxylation is 1. The quantitative estimate of drug-likeness (QED) is 0.919. The highest BCUT2D eigenvalue weighted by molar-refractivity contribution is 5.59. The van der Waals surface area contributed by atoms with E-state index in [-0.39, 0.29) is 11.5 Å². The predicted octanol–water partition coefficient (Wildman–Crippen LogP) is 3.07. The summed E-state index contributed by atoms with van der Waals surface area (Å²) in [6.45, 7) is 6.63. The van der Waals surface area contributed by atoms with Crippen molar-refractivity contribution in [3.05, 3.63) is 41.5 Å². The van der Waals surface area contributed by atoms with Gasteiger partial charge in [0.2, 0.25) is 0 Å². The van der Waals surface area contributed by atoms with E-state index in [4.69, 9.17) is 10.7 Å². The van der Waals surface area contributed by atoms with Gasteiger partial charge in [0.05, 0.1) is 0 Å². The summed E-state index contributed by atoms with van der Waals surface area (Å²) < 4.78 is 0. The van der Waals surface area contributed by atoms with E-state index in [0.717, 1.165) is 41.9 Å². The van der Waals surface area contributed by atoms with Crippen molar-refractivity contribution >= 4 is 0 Å². The fraction of sp³-hybridized carbons (Fsp3) is 0.471. The van der Waals surface area contributed by atoms with E-state index in [1.165, 1.54) is 5.56 Å². The van der Waals surface area contributed by atoms with Crippen LogP contribution >= 0.6 is 0 Å². The number of rotatable bonds is 2. The van der Waals surface area contributed by atoms with E-state index in [1.807, 2.05) is 18.5 Å². The molecule has 1 atom stereocenters. The number of hydrogen-bond donors (Lipinski definition) is 1. The summed E-state index contributed by atoms with van der Waals surface area (Å²) in [5.41, 5.74) is 10.9. The van der Waals surface area contributed by atoms with E-state index < -0.39 is 0 Å². The maximum Gasteiger partial charge on any atom is 0.159 e. The Morgan fingerprint density at radius 2 is 2.14 bits per heavy atom. The number of nitrogens with two attached hydrogens (primary N) is 1. The number of hydrogen-bond acceptors (Lipinski definition) is 4. The summed E-state index contributed by atoms with van der Waals surface area (Å²) >= 11 is 0. The van der Waals surface area contributed by atoms with Gasteiger partial charge in [-0.2, -0.15) is 0 Å². The van der Waals surface area contributed by atoms with Crippen LogP contribution in [0.3, 0.4) is 0 Å². The molecule has 2 aromatic heterocycles. The van der Waals surface area contributed by atoms with Crippen molar-refractivity contribution in [1.29, 1.82) is 0 Å². The lowest BCUT2D eigenvalue weighted by molar-refractivity contribution is 0.278. The van der Waals surface area contributed by atoms with Gasteiger partial charge in [-0.05, 0) is 36.3 Å². The van der Waals surface area contributed by atoms with Crippen LogP contribution < -0.4 is 5.73 Å². The molecule has 0 bridgehead atoms. The van der Waals surface area contributed by atoms with Crippen molar-refractivity contribution in [3.8, 4) is 11.4 Å². The van der Waals surface area contributed by atoms with Gasteiger partial charge in [0, 0.05) is 41.5 Å². The summed E-state index contributed by atoms with van der Waals surface area (Å²) in [5.74, 6) is 0.790. The molecule has 3 rings (SSSR count). The van der Waals surface area contributed by atoms with Crippen molar-refractivity contribution in [2.24, 2.45) is 11.1 Å². The number of nitrogens with zero attached hydrogens (tertiary/aromatic N) is 3. The van der Waals surface area contributed by atoms with Crippen molar-refractivity contribution in [3.63, 3.8) is 0 Å². The third kappa shape index (κ3) is 2.68. The van der Waals surface area contributed by atoms with Crippen LogP contribution in [0.2, 0.25) is 0 Å². The second-order valence-electron chi connectivity index (χ2n) is 6.63. The molecule has 0 radical (unpaired) electrons. The Balaban J connectivity index is 2.07. The van der Waals surface area contributed by atoms with Gasteiger partial charge in [-0.15, -0.1) is 0 Å². The molecule has 2 aromatic rings. The molecule has 21 heavy (non-hydrogen) atoms. The molecule has 0 aromatic carbocycles. The minimum absolute atomic E-state index is 0.0425. The summed E-state index contributed by atoms with van der Waals surface area (Å²) in [5, 5.41) is 0. The van der Waals surface area contributed by atoms with Crippen LogP contribution in [0.5, 0.6) is 0 Å². The van der Waals surface area contributed by atoms with Crippen molar-refractivity contribution in [1.82, 2.24) is 15.0 Å². The highest BCUT2D eigenvalue weighted by atomic mass is 14.9. The lowest BCUT2D eigenvalue weighted by Gasteiger charge is -2.34. The molecule has 1 unspecified atom stereocenters. The Bertz CT molecular complexity index is 664. The Hall–Kier alpha value is -1.81. The molecular weight excluding hydrogens is 260 g/mol. The van der Waals surface area contributed by atoms with Crippen molar-refractivity contribution in [2.45, 2.75) is 46.1 Å². The second-order valence-corrected chi connectivity index (χ2v) is 6.63. The zero-order valence-corrected chi connectivity index (χ0v) is 12.9. The first kappa shape index (κ1) is 14.1. The molecular formula is C17H22N4. The van der Waals surface area contributed by atoms with Crippen LogP contribution in [-0.2, 0) is 12.8 Å². The first-order valence-electron chi connectivity index (χ1n) is 7.55. The third-order valence-corrected chi connectivity index (χ3v) is 4.24. The first-order chi connectivity index (χ1) is 10.00. The molecule has 4 nitrogen and oxygen atoms in total. The average molecular weight is 282 g/mol. The Morgan fingerprint density at radius 3 is 2.90 bits per heavy atom. The lowest BCUT2D eigenvalue weighted by Crippen LogP contribution is -2.30. The highest BCUT2D eigenvalue weighted by Crippen LogP contribution is 2.39. The molecule has 0 saturated heterocycles. The smallest absolute Gasteiger partial charge is 0.159 e. The normalized spacial score (nSPS) is 20.1. The van der Waals surface area contributed by atoms with Crippen molar-refractivity contribution in [2.75, 3.05) is 0 Å². The van der Waals surface area contributed by atoms with Gasteiger partial charge in [0.15, 0.2) is 5.82 Å². The van der Waals surface area contributed by atoms with Crippen LogP contribution in [-0.4, -0.2) is 15.0 Å². The van der Waals surface area contributed by atoms with Gasteiger partial charge in [-0.25, -0.2) is 9.97 Å². The second kappa shape index (κ2) is 5.19. The summed E-state index contributed by atoms with van der Waals surface area (Å²) in [4.78, 5) is 13.6. The molecule has 0 fully saturated rings. The predicted molar refractivity (Wildman–Crippen MR) is 83.7 cm³/mol. The molecule has 4 heteroatoms. The number of aromatic nitrogens is 3. The zero-order chi connectivity index (χ0) is 15.0. The molecule has 0 aliphatic heterocycles. The van der Waals surface area contributed by atoms with Gasteiger partial charge < -0.3 is 5.73 Å². The van der Waals surface area contributed by atoms with E-state index in [1.54, 1.807) is 6.20 Å². The molecule has 1 aliphatic rings. The van der Waals surface area contributed by atoms with E-state index in [0.29, 0.717) is 0 Å². The first-order valence-corrected chi connectivity index (χ1v) is 7.55.